The Bertz CT molecular complexity index is 339. The number of halogens is 1. The van der Waals surface area contributed by atoms with Gasteiger partial charge in [0.1, 0.15) is 5.75 Å². The van der Waals surface area contributed by atoms with Crippen LogP contribution in [0.1, 0.15) is 38.2 Å². The van der Waals surface area contributed by atoms with E-state index >= 15 is 0 Å². The van der Waals surface area contributed by atoms with Gasteiger partial charge < -0.3 is 10.5 Å². The van der Waals surface area contributed by atoms with E-state index in [4.69, 9.17) is 10.5 Å². The van der Waals surface area contributed by atoms with Crippen molar-refractivity contribution >= 4 is 15.9 Å². The van der Waals surface area contributed by atoms with Crippen LogP contribution in [0.15, 0.2) is 22.7 Å². The van der Waals surface area contributed by atoms with Crippen LogP contribution in [0.2, 0.25) is 0 Å². The second kappa shape index (κ2) is 6.26. The first-order chi connectivity index (χ1) is 7.54. The zero-order valence-corrected chi connectivity index (χ0v) is 11.8. The molecule has 0 heterocycles. The minimum Gasteiger partial charge on any atom is -0.496 e. The van der Waals surface area contributed by atoms with Gasteiger partial charge in [-0.1, -0.05) is 13.0 Å². The summed E-state index contributed by atoms with van der Waals surface area (Å²) in [6.07, 6.45) is 2.18. The van der Waals surface area contributed by atoms with Crippen LogP contribution in [-0.2, 0) is 0 Å². The van der Waals surface area contributed by atoms with Gasteiger partial charge in [-0.25, -0.2) is 0 Å². The molecule has 90 valence electrons. The van der Waals surface area contributed by atoms with Crippen LogP contribution in [0.4, 0.5) is 0 Å². The lowest BCUT2D eigenvalue weighted by atomic mass is 9.95. The minimum absolute atomic E-state index is 0.282. The van der Waals surface area contributed by atoms with E-state index in [9.17, 15) is 0 Å². The first-order valence-corrected chi connectivity index (χ1v) is 6.43. The first kappa shape index (κ1) is 13.5. The number of rotatable bonds is 5. The molecule has 0 aliphatic heterocycles. The maximum Gasteiger partial charge on any atom is 0.133 e. The van der Waals surface area contributed by atoms with Gasteiger partial charge in [0.05, 0.1) is 11.6 Å². The highest BCUT2D eigenvalue weighted by Crippen LogP contribution is 2.30. The van der Waals surface area contributed by atoms with Crippen molar-refractivity contribution in [2.24, 2.45) is 5.73 Å². The molecule has 0 aliphatic carbocycles. The second-order valence-electron chi connectivity index (χ2n) is 4.35. The highest BCUT2D eigenvalue weighted by molar-refractivity contribution is 9.10. The maximum atomic E-state index is 5.77. The van der Waals surface area contributed by atoms with E-state index < -0.39 is 0 Å². The van der Waals surface area contributed by atoms with E-state index in [1.807, 2.05) is 6.07 Å². The summed E-state index contributed by atoms with van der Waals surface area (Å²) in [6.45, 7) is 4.29. The van der Waals surface area contributed by atoms with E-state index in [2.05, 4.69) is 41.9 Å². The Labute approximate surface area is 106 Å². The van der Waals surface area contributed by atoms with Crippen molar-refractivity contribution in [3.8, 4) is 5.75 Å². The maximum absolute atomic E-state index is 5.77. The molecule has 2 N–H and O–H groups in total. The summed E-state index contributed by atoms with van der Waals surface area (Å²) in [5.41, 5.74) is 7.09. The highest BCUT2D eigenvalue weighted by atomic mass is 79.9. The number of ether oxygens (including phenoxy) is 1. The van der Waals surface area contributed by atoms with Crippen molar-refractivity contribution in [1.82, 2.24) is 0 Å². The van der Waals surface area contributed by atoms with Gasteiger partial charge in [-0.2, -0.15) is 0 Å². The molecule has 0 radical (unpaired) electrons. The van der Waals surface area contributed by atoms with Gasteiger partial charge in [0, 0.05) is 6.04 Å². The van der Waals surface area contributed by atoms with Crippen LogP contribution in [0.5, 0.6) is 5.75 Å². The van der Waals surface area contributed by atoms with E-state index in [-0.39, 0.29) is 6.04 Å². The van der Waals surface area contributed by atoms with Crippen LogP contribution in [0.3, 0.4) is 0 Å². The Balaban J connectivity index is 2.69. The molecule has 0 saturated carbocycles. The molecule has 0 amide bonds. The molecule has 1 aromatic rings. The number of methoxy groups -OCH3 is 1. The molecule has 0 saturated heterocycles. The molecule has 2 atom stereocenters. The summed E-state index contributed by atoms with van der Waals surface area (Å²) in [5, 5.41) is 0. The van der Waals surface area contributed by atoms with Crippen molar-refractivity contribution in [2.45, 2.75) is 38.6 Å². The Morgan fingerprint density at radius 1 is 1.31 bits per heavy atom. The van der Waals surface area contributed by atoms with E-state index in [0.29, 0.717) is 5.92 Å². The Morgan fingerprint density at radius 2 is 2.00 bits per heavy atom. The Morgan fingerprint density at radius 3 is 2.50 bits per heavy atom. The molecule has 0 fully saturated rings. The standard InChI is InChI=1S/C13H20BrNO/c1-9(4-5-10(2)15)11-6-7-13(16-3)12(14)8-11/h6-10H,4-5,15H2,1-3H3. The average Bonchev–Trinajstić information content (AvgIpc) is 2.25. The van der Waals surface area contributed by atoms with E-state index in [1.54, 1.807) is 7.11 Å². The average molecular weight is 286 g/mol. The van der Waals surface area contributed by atoms with Gasteiger partial charge in [-0.3, -0.25) is 0 Å². The lowest BCUT2D eigenvalue weighted by Gasteiger charge is -2.14. The smallest absolute Gasteiger partial charge is 0.133 e. The largest absolute Gasteiger partial charge is 0.496 e. The van der Waals surface area contributed by atoms with Crippen LogP contribution < -0.4 is 10.5 Å². The van der Waals surface area contributed by atoms with Gasteiger partial charge in [0.2, 0.25) is 0 Å². The molecule has 0 aromatic heterocycles. The fourth-order valence-corrected chi connectivity index (χ4v) is 2.23. The summed E-state index contributed by atoms with van der Waals surface area (Å²) in [6, 6.07) is 6.53. The lowest BCUT2D eigenvalue weighted by Crippen LogP contribution is -2.15. The van der Waals surface area contributed by atoms with Crippen molar-refractivity contribution < 1.29 is 4.74 Å². The molecule has 0 aliphatic rings. The van der Waals surface area contributed by atoms with Crippen molar-refractivity contribution in [1.29, 1.82) is 0 Å². The molecule has 2 unspecified atom stereocenters. The zero-order valence-electron chi connectivity index (χ0n) is 10.2. The molecule has 3 heteroatoms. The first-order valence-electron chi connectivity index (χ1n) is 5.63. The summed E-state index contributed by atoms with van der Waals surface area (Å²) in [4.78, 5) is 0. The van der Waals surface area contributed by atoms with Crippen LogP contribution in [0, 0.1) is 0 Å². The number of nitrogens with two attached hydrogens (primary N) is 1. The SMILES string of the molecule is COc1ccc(C(C)CCC(C)N)cc1Br. The third-order valence-corrected chi connectivity index (χ3v) is 3.42. The summed E-state index contributed by atoms with van der Waals surface area (Å²) >= 11 is 3.51. The van der Waals surface area contributed by atoms with E-state index in [1.165, 1.54) is 5.56 Å². The van der Waals surface area contributed by atoms with Crippen LogP contribution in [0.25, 0.3) is 0 Å². The van der Waals surface area contributed by atoms with Crippen LogP contribution >= 0.6 is 15.9 Å². The van der Waals surface area contributed by atoms with Gasteiger partial charge in [0.15, 0.2) is 0 Å². The predicted octanol–water partition coefficient (Wildman–Crippen LogP) is 3.69. The van der Waals surface area contributed by atoms with Gasteiger partial charge >= 0.3 is 0 Å². The fraction of sp³-hybridized carbons (Fsp3) is 0.538. The van der Waals surface area contributed by atoms with Crippen molar-refractivity contribution in [2.75, 3.05) is 7.11 Å². The topological polar surface area (TPSA) is 35.2 Å². The zero-order chi connectivity index (χ0) is 12.1. The van der Waals surface area contributed by atoms with Crippen LogP contribution in [-0.4, -0.2) is 13.2 Å². The Hall–Kier alpha value is -0.540. The third-order valence-electron chi connectivity index (χ3n) is 2.80. The summed E-state index contributed by atoms with van der Waals surface area (Å²) < 4.78 is 6.23. The van der Waals surface area contributed by atoms with E-state index in [0.717, 1.165) is 23.1 Å². The molecule has 1 rings (SSSR count). The second-order valence-corrected chi connectivity index (χ2v) is 5.20. The number of benzene rings is 1. The molecular weight excluding hydrogens is 266 g/mol. The summed E-state index contributed by atoms with van der Waals surface area (Å²) in [5.74, 6) is 1.41. The minimum atomic E-state index is 0.282. The van der Waals surface area contributed by atoms with Gasteiger partial charge in [-0.05, 0) is 59.3 Å². The lowest BCUT2D eigenvalue weighted by molar-refractivity contribution is 0.411. The molecule has 2 nitrogen and oxygen atoms in total. The third kappa shape index (κ3) is 3.80. The monoisotopic (exact) mass is 285 g/mol. The normalized spacial score (nSPS) is 14.6. The van der Waals surface area contributed by atoms with Crippen molar-refractivity contribution in [3.63, 3.8) is 0 Å². The van der Waals surface area contributed by atoms with Gasteiger partial charge in [0.25, 0.3) is 0 Å². The molecule has 0 spiro atoms. The quantitative estimate of drug-likeness (QED) is 0.896. The highest BCUT2D eigenvalue weighted by Gasteiger charge is 2.09. The molecule has 16 heavy (non-hydrogen) atoms. The summed E-state index contributed by atoms with van der Waals surface area (Å²) in [7, 11) is 1.68. The number of hydrogen-bond acceptors (Lipinski definition) is 2. The molecule has 1 aromatic carbocycles. The van der Waals surface area contributed by atoms with Crippen molar-refractivity contribution in [3.05, 3.63) is 28.2 Å². The Kier molecular flexibility index (Phi) is 5.29. The number of hydrogen-bond donors (Lipinski definition) is 1. The predicted molar refractivity (Wildman–Crippen MR) is 72.0 cm³/mol. The molecular formula is C13H20BrNO. The van der Waals surface area contributed by atoms with Gasteiger partial charge in [-0.15, -0.1) is 0 Å². The molecule has 0 bridgehead atoms. The fourth-order valence-electron chi connectivity index (χ4n) is 1.67.